The van der Waals surface area contributed by atoms with E-state index >= 15 is 0 Å². The molecule has 2 N–H and O–H groups in total. The molecule has 1 rings (SSSR count). The van der Waals surface area contributed by atoms with Gasteiger partial charge in [-0.1, -0.05) is 68.3 Å². The number of nitrogens with one attached hydrogen (secondary N) is 2. The number of carbonyl (C=O) groups is 2. The normalized spacial score (nSPS) is 15.2. The highest BCUT2D eigenvalue weighted by molar-refractivity contribution is 7.98. The highest BCUT2D eigenvalue weighted by Crippen LogP contribution is 2.14. The van der Waals surface area contributed by atoms with E-state index in [0.717, 1.165) is 23.3 Å². The number of amides is 1. The van der Waals surface area contributed by atoms with Crippen molar-refractivity contribution in [2.75, 3.05) is 25.7 Å². The molecule has 1 amide bonds. The van der Waals surface area contributed by atoms with E-state index in [1.165, 1.54) is 7.11 Å². The zero-order chi connectivity index (χ0) is 24.6. The molecule has 0 fully saturated rings. The van der Waals surface area contributed by atoms with Crippen LogP contribution in [-0.4, -0.2) is 49.6 Å². The fourth-order valence-electron chi connectivity index (χ4n) is 3.03. The van der Waals surface area contributed by atoms with Crippen molar-refractivity contribution in [1.29, 1.82) is 0 Å². The van der Waals surface area contributed by atoms with Crippen LogP contribution in [-0.2, 0) is 14.3 Å². The number of methoxy groups -OCH3 is 1. The van der Waals surface area contributed by atoms with Crippen LogP contribution in [0.25, 0.3) is 6.08 Å². The molecule has 0 spiro atoms. The molecule has 0 saturated heterocycles. The molecule has 3 atom stereocenters. The van der Waals surface area contributed by atoms with Crippen LogP contribution in [0.4, 0.5) is 0 Å². The van der Waals surface area contributed by atoms with Crippen LogP contribution in [0.5, 0.6) is 0 Å². The Labute approximate surface area is 208 Å². The molecule has 0 saturated carbocycles. The van der Waals surface area contributed by atoms with Gasteiger partial charge in [0, 0.05) is 18.2 Å². The monoisotopic (exact) mass is 490 g/mol. The maximum absolute atomic E-state index is 13.2. The third kappa shape index (κ3) is 11.1. The summed E-state index contributed by atoms with van der Waals surface area (Å²) in [5, 5.41) is 8.19. The van der Waals surface area contributed by atoms with Crippen LogP contribution >= 0.6 is 24.4 Å². The fraction of sp³-hybridized carbons (Fsp3) is 0.462. The minimum Gasteiger partial charge on any atom is -0.467 e. The Morgan fingerprint density at radius 2 is 1.94 bits per heavy atom. The van der Waals surface area contributed by atoms with Crippen LogP contribution in [0.15, 0.2) is 59.0 Å². The lowest BCUT2D eigenvalue weighted by Crippen LogP contribution is -2.42. The second-order valence-electron chi connectivity index (χ2n) is 7.97. The number of thiol groups is 1. The second-order valence-corrected chi connectivity index (χ2v) is 9.21. The van der Waals surface area contributed by atoms with Gasteiger partial charge < -0.3 is 15.4 Å². The zero-order valence-electron chi connectivity index (χ0n) is 20.3. The van der Waals surface area contributed by atoms with Crippen LogP contribution < -0.4 is 10.6 Å². The molecule has 182 valence electrons. The number of hydrogen-bond donors (Lipinski definition) is 3. The number of thioether (sulfide) groups is 1. The first kappa shape index (κ1) is 29.1. The molecular weight excluding hydrogens is 452 g/mol. The molecule has 1 aromatic rings. The molecule has 0 aliphatic carbocycles. The van der Waals surface area contributed by atoms with Crippen LogP contribution in [0.2, 0.25) is 0 Å². The summed E-state index contributed by atoms with van der Waals surface area (Å²) in [4.78, 5) is 25.4. The third-order valence-corrected chi connectivity index (χ3v) is 6.45. The summed E-state index contributed by atoms with van der Waals surface area (Å²) in [6.45, 7) is 7.06. The standard InChI is InChI=1S/C26H38N2O3S2/c1-6-20(3)23(27-17-19(2)18-32)13-12-22(16-21-10-8-7-9-11-21)25(29)28-24(14-15-33-5)26(30)31-4/h7-13,16,18,20,23-24,27,32H,6,14-15,17H2,1-5H3,(H,28,29)/b13-12+,19-18+,22-16-/t20?,23?,24-/m0/s1. The van der Waals surface area contributed by atoms with Crippen molar-refractivity contribution < 1.29 is 14.3 Å². The molecule has 0 aliphatic rings. The summed E-state index contributed by atoms with van der Waals surface area (Å²) >= 11 is 5.84. The molecule has 0 radical (unpaired) electrons. The molecule has 5 nitrogen and oxygen atoms in total. The largest absolute Gasteiger partial charge is 0.467 e. The van der Waals surface area contributed by atoms with Crippen LogP contribution in [0, 0.1) is 5.92 Å². The Kier molecular flexibility index (Phi) is 14.6. The van der Waals surface area contributed by atoms with Gasteiger partial charge in [0.05, 0.1) is 7.11 Å². The van der Waals surface area contributed by atoms with E-state index in [4.69, 9.17) is 4.74 Å². The van der Waals surface area contributed by atoms with E-state index in [1.54, 1.807) is 17.2 Å². The average Bonchev–Trinajstić information content (AvgIpc) is 2.84. The Hall–Kier alpha value is -1.96. The fourth-order valence-corrected chi connectivity index (χ4v) is 3.59. The zero-order valence-corrected chi connectivity index (χ0v) is 22.0. The van der Waals surface area contributed by atoms with Crippen molar-refractivity contribution in [3.8, 4) is 0 Å². The summed E-state index contributed by atoms with van der Waals surface area (Å²) in [6.07, 6.45) is 9.18. The number of hydrogen-bond acceptors (Lipinski definition) is 6. The van der Waals surface area contributed by atoms with Crippen molar-refractivity contribution in [3.05, 3.63) is 64.6 Å². The first-order valence-electron chi connectivity index (χ1n) is 11.2. The average molecular weight is 491 g/mol. The number of benzene rings is 1. The van der Waals surface area contributed by atoms with Gasteiger partial charge in [0.2, 0.25) is 0 Å². The lowest BCUT2D eigenvalue weighted by atomic mass is 9.97. The number of ether oxygens (including phenoxy) is 1. The molecule has 0 aliphatic heterocycles. The predicted molar refractivity (Wildman–Crippen MR) is 144 cm³/mol. The van der Waals surface area contributed by atoms with Gasteiger partial charge in [0.25, 0.3) is 5.91 Å². The summed E-state index contributed by atoms with van der Waals surface area (Å²) in [6, 6.07) is 9.07. The first-order valence-corrected chi connectivity index (χ1v) is 13.1. The minimum absolute atomic E-state index is 0.0816. The molecule has 2 unspecified atom stereocenters. The van der Waals surface area contributed by atoms with Gasteiger partial charge in [-0.2, -0.15) is 24.4 Å². The number of rotatable bonds is 14. The summed E-state index contributed by atoms with van der Waals surface area (Å²) in [5.41, 5.74) is 2.52. The highest BCUT2D eigenvalue weighted by atomic mass is 32.2. The molecule has 7 heteroatoms. The van der Waals surface area contributed by atoms with Crippen LogP contribution in [0.3, 0.4) is 0 Å². The molecule has 0 heterocycles. The molecule has 33 heavy (non-hydrogen) atoms. The lowest BCUT2D eigenvalue weighted by Gasteiger charge is -2.22. The van der Waals surface area contributed by atoms with Crippen LogP contribution in [0.1, 0.15) is 39.2 Å². The van der Waals surface area contributed by atoms with E-state index in [9.17, 15) is 9.59 Å². The molecule has 0 bridgehead atoms. The van der Waals surface area contributed by atoms with E-state index in [1.807, 2.05) is 61.7 Å². The number of esters is 1. The van der Waals surface area contributed by atoms with Gasteiger partial charge in [0.1, 0.15) is 6.04 Å². The Bertz CT molecular complexity index is 822. The van der Waals surface area contributed by atoms with E-state index in [0.29, 0.717) is 24.5 Å². The highest BCUT2D eigenvalue weighted by Gasteiger charge is 2.22. The summed E-state index contributed by atoms with van der Waals surface area (Å²) in [5.74, 6) is 0.375. The van der Waals surface area contributed by atoms with E-state index in [2.05, 4.69) is 37.1 Å². The van der Waals surface area contributed by atoms with Gasteiger partial charge in [-0.15, -0.1) is 0 Å². The summed E-state index contributed by atoms with van der Waals surface area (Å²) in [7, 11) is 1.34. The molecule has 0 aromatic heterocycles. The molecule has 1 aromatic carbocycles. The Balaban J connectivity index is 3.20. The Morgan fingerprint density at radius 1 is 1.24 bits per heavy atom. The quantitative estimate of drug-likeness (QED) is 0.150. The SMILES string of the molecule is CCC(C)C(/C=C/C(=C/c1ccccc1)C(=O)N[C@@H](CCSC)C(=O)OC)NC/C(C)=C/S. The van der Waals surface area contributed by atoms with E-state index in [-0.39, 0.29) is 11.9 Å². The second kappa shape index (κ2) is 16.6. The maximum atomic E-state index is 13.2. The van der Waals surface area contributed by atoms with Crippen molar-refractivity contribution in [2.24, 2.45) is 5.92 Å². The minimum atomic E-state index is -0.686. The maximum Gasteiger partial charge on any atom is 0.328 e. The third-order valence-electron chi connectivity index (χ3n) is 5.36. The Morgan fingerprint density at radius 3 is 2.52 bits per heavy atom. The number of carbonyl (C=O) groups excluding carboxylic acids is 2. The van der Waals surface area contributed by atoms with Crippen molar-refractivity contribution >= 4 is 42.3 Å². The van der Waals surface area contributed by atoms with E-state index < -0.39 is 12.0 Å². The first-order chi connectivity index (χ1) is 15.9. The topological polar surface area (TPSA) is 67.4 Å². The smallest absolute Gasteiger partial charge is 0.328 e. The van der Waals surface area contributed by atoms with Crippen molar-refractivity contribution in [2.45, 2.75) is 45.7 Å². The molecular formula is C26H38N2O3S2. The van der Waals surface area contributed by atoms with Gasteiger partial charge in [-0.3, -0.25) is 4.79 Å². The summed E-state index contributed by atoms with van der Waals surface area (Å²) < 4.78 is 4.90. The predicted octanol–water partition coefficient (Wildman–Crippen LogP) is 4.88. The van der Waals surface area contributed by atoms with Gasteiger partial charge in [0.15, 0.2) is 0 Å². The lowest BCUT2D eigenvalue weighted by molar-refractivity contribution is -0.144. The van der Waals surface area contributed by atoms with Gasteiger partial charge in [-0.05, 0) is 48.3 Å². The van der Waals surface area contributed by atoms with Crippen molar-refractivity contribution in [3.63, 3.8) is 0 Å². The van der Waals surface area contributed by atoms with Crippen molar-refractivity contribution in [1.82, 2.24) is 10.6 Å². The van der Waals surface area contributed by atoms with Gasteiger partial charge in [-0.25, -0.2) is 4.79 Å². The van der Waals surface area contributed by atoms with Gasteiger partial charge >= 0.3 is 5.97 Å².